The summed E-state index contributed by atoms with van der Waals surface area (Å²) >= 11 is 0. The average Bonchev–Trinajstić information content (AvgIpc) is 2.38. The fourth-order valence-corrected chi connectivity index (χ4v) is 2.68. The molecular formula is C16H34N2O. The minimum Gasteiger partial charge on any atom is -0.381 e. The molecule has 3 heteroatoms. The van der Waals surface area contributed by atoms with E-state index in [1.165, 1.54) is 51.7 Å². The lowest BCUT2D eigenvalue weighted by atomic mass is 10.0. The van der Waals surface area contributed by atoms with Crippen LogP contribution in [0.15, 0.2) is 0 Å². The fraction of sp³-hybridized carbons (Fsp3) is 1.00. The Kier molecular flexibility index (Phi) is 9.48. The van der Waals surface area contributed by atoms with Crippen molar-refractivity contribution in [2.24, 2.45) is 11.8 Å². The summed E-state index contributed by atoms with van der Waals surface area (Å²) in [6.07, 6.45) is 6.58. The Morgan fingerprint density at radius 3 is 2.79 bits per heavy atom. The maximum atomic E-state index is 5.54. The molecule has 3 nitrogen and oxygen atoms in total. The first-order chi connectivity index (χ1) is 9.18. The van der Waals surface area contributed by atoms with Crippen LogP contribution in [0, 0.1) is 11.8 Å². The van der Waals surface area contributed by atoms with Crippen LogP contribution in [0.3, 0.4) is 0 Å². The zero-order valence-corrected chi connectivity index (χ0v) is 13.3. The highest BCUT2D eigenvalue weighted by atomic mass is 16.5. The normalized spacial score (nSPS) is 20.4. The number of nitrogens with zero attached hydrogens (tertiary/aromatic N) is 1. The molecule has 0 radical (unpaired) electrons. The third kappa shape index (κ3) is 9.42. The number of unbranched alkanes of at least 4 members (excludes halogenated alkanes) is 2. The number of ether oxygens (including phenoxy) is 1. The highest BCUT2D eigenvalue weighted by Crippen LogP contribution is 2.14. The zero-order chi connectivity index (χ0) is 13.9. The number of hydrogen-bond donors (Lipinski definition) is 1. The lowest BCUT2D eigenvalue weighted by Crippen LogP contribution is -2.31. The molecule has 1 heterocycles. The third-order valence-corrected chi connectivity index (χ3v) is 3.77. The van der Waals surface area contributed by atoms with Crippen molar-refractivity contribution < 1.29 is 4.74 Å². The minimum absolute atomic E-state index is 0.767. The van der Waals surface area contributed by atoms with E-state index in [-0.39, 0.29) is 0 Å². The molecule has 0 amide bonds. The smallest absolute Gasteiger partial charge is 0.0506 e. The van der Waals surface area contributed by atoms with Gasteiger partial charge in [-0.05, 0) is 64.2 Å². The van der Waals surface area contributed by atoms with Crippen molar-refractivity contribution in [3.05, 3.63) is 0 Å². The monoisotopic (exact) mass is 270 g/mol. The Labute approximate surface area is 120 Å². The molecule has 1 unspecified atom stereocenters. The second kappa shape index (κ2) is 10.6. The van der Waals surface area contributed by atoms with Crippen molar-refractivity contribution in [2.45, 2.75) is 46.0 Å². The molecule has 19 heavy (non-hydrogen) atoms. The fourth-order valence-electron chi connectivity index (χ4n) is 2.68. The van der Waals surface area contributed by atoms with E-state index in [2.05, 4.69) is 31.1 Å². The maximum absolute atomic E-state index is 5.54. The molecule has 1 aliphatic rings. The summed E-state index contributed by atoms with van der Waals surface area (Å²) in [5.41, 5.74) is 0. The molecule has 0 aromatic carbocycles. The van der Waals surface area contributed by atoms with E-state index >= 15 is 0 Å². The molecule has 0 aromatic heterocycles. The van der Waals surface area contributed by atoms with Gasteiger partial charge >= 0.3 is 0 Å². The number of rotatable bonds is 10. The summed E-state index contributed by atoms with van der Waals surface area (Å²) in [7, 11) is 2.26. The van der Waals surface area contributed by atoms with Gasteiger partial charge in [0.25, 0.3) is 0 Å². The molecule has 0 spiro atoms. The van der Waals surface area contributed by atoms with Gasteiger partial charge in [0.15, 0.2) is 0 Å². The van der Waals surface area contributed by atoms with Gasteiger partial charge in [-0.2, -0.15) is 0 Å². The van der Waals surface area contributed by atoms with Gasteiger partial charge in [0.05, 0.1) is 6.61 Å². The van der Waals surface area contributed by atoms with Crippen molar-refractivity contribution in [3.8, 4) is 0 Å². The largest absolute Gasteiger partial charge is 0.381 e. The molecule has 1 rings (SSSR count). The van der Waals surface area contributed by atoms with Crippen LogP contribution in [0.25, 0.3) is 0 Å². The van der Waals surface area contributed by atoms with Crippen LogP contribution >= 0.6 is 0 Å². The Balaban J connectivity index is 1.88. The van der Waals surface area contributed by atoms with Gasteiger partial charge in [-0.15, -0.1) is 0 Å². The summed E-state index contributed by atoms with van der Waals surface area (Å²) < 4.78 is 5.54. The maximum Gasteiger partial charge on any atom is 0.0506 e. The second-order valence-electron chi connectivity index (χ2n) is 6.50. The number of nitrogens with one attached hydrogen (secondary N) is 1. The molecule has 0 saturated carbocycles. The lowest BCUT2D eigenvalue weighted by Gasteiger charge is -2.27. The van der Waals surface area contributed by atoms with Crippen LogP contribution < -0.4 is 5.32 Å². The SMILES string of the molecule is CC(C)CNCCCCCN(C)CC1CCCOC1. The van der Waals surface area contributed by atoms with E-state index in [1.54, 1.807) is 0 Å². The van der Waals surface area contributed by atoms with Gasteiger partial charge in [0, 0.05) is 13.2 Å². The highest BCUT2D eigenvalue weighted by molar-refractivity contribution is 4.67. The predicted octanol–water partition coefficient (Wildman–Crippen LogP) is 2.76. The molecule has 1 aliphatic heterocycles. The standard InChI is InChI=1S/C16H34N2O/c1-15(2)12-17-9-5-4-6-10-18(3)13-16-8-7-11-19-14-16/h15-17H,4-14H2,1-3H3. The molecule has 1 saturated heterocycles. The first kappa shape index (κ1) is 16.9. The van der Waals surface area contributed by atoms with Gasteiger partial charge in [-0.25, -0.2) is 0 Å². The second-order valence-corrected chi connectivity index (χ2v) is 6.50. The van der Waals surface area contributed by atoms with Crippen molar-refractivity contribution in [1.82, 2.24) is 10.2 Å². The predicted molar refractivity (Wildman–Crippen MR) is 82.6 cm³/mol. The Morgan fingerprint density at radius 2 is 2.11 bits per heavy atom. The van der Waals surface area contributed by atoms with Gasteiger partial charge in [-0.1, -0.05) is 20.3 Å². The molecule has 1 fully saturated rings. The van der Waals surface area contributed by atoms with Crippen LogP contribution in [-0.4, -0.2) is 51.3 Å². The van der Waals surface area contributed by atoms with E-state index in [0.29, 0.717) is 0 Å². The van der Waals surface area contributed by atoms with Crippen molar-refractivity contribution in [2.75, 3.05) is 46.4 Å². The molecular weight excluding hydrogens is 236 g/mol. The molecule has 0 aromatic rings. The Bertz CT molecular complexity index is 203. The van der Waals surface area contributed by atoms with Crippen LogP contribution in [0.5, 0.6) is 0 Å². The van der Waals surface area contributed by atoms with E-state index in [0.717, 1.165) is 31.6 Å². The number of hydrogen-bond acceptors (Lipinski definition) is 3. The average molecular weight is 270 g/mol. The van der Waals surface area contributed by atoms with E-state index in [4.69, 9.17) is 4.74 Å². The van der Waals surface area contributed by atoms with Gasteiger partial charge in [0.2, 0.25) is 0 Å². The molecule has 1 N–H and O–H groups in total. The Hall–Kier alpha value is -0.120. The summed E-state index contributed by atoms with van der Waals surface area (Å²) in [6.45, 7) is 11.3. The van der Waals surface area contributed by atoms with Crippen molar-refractivity contribution in [1.29, 1.82) is 0 Å². The summed E-state index contributed by atoms with van der Waals surface area (Å²) in [6, 6.07) is 0. The topological polar surface area (TPSA) is 24.5 Å². The lowest BCUT2D eigenvalue weighted by molar-refractivity contribution is 0.0419. The van der Waals surface area contributed by atoms with Gasteiger partial charge in [-0.3, -0.25) is 0 Å². The Morgan fingerprint density at radius 1 is 1.26 bits per heavy atom. The van der Waals surface area contributed by atoms with Crippen LogP contribution in [0.1, 0.15) is 46.0 Å². The van der Waals surface area contributed by atoms with Gasteiger partial charge in [0.1, 0.15) is 0 Å². The van der Waals surface area contributed by atoms with Crippen LogP contribution in [-0.2, 0) is 4.74 Å². The summed E-state index contributed by atoms with van der Waals surface area (Å²) in [5.74, 6) is 1.54. The highest BCUT2D eigenvalue weighted by Gasteiger charge is 2.15. The quantitative estimate of drug-likeness (QED) is 0.618. The van der Waals surface area contributed by atoms with Crippen LogP contribution in [0.4, 0.5) is 0 Å². The molecule has 0 bridgehead atoms. The summed E-state index contributed by atoms with van der Waals surface area (Å²) in [5, 5.41) is 3.51. The first-order valence-corrected chi connectivity index (χ1v) is 8.15. The first-order valence-electron chi connectivity index (χ1n) is 8.15. The zero-order valence-electron chi connectivity index (χ0n) is 13.3. The minimum atomic E-state index is 0.767. The molecule has 114 valence electrons. The molecule has 1 atom stereocenters. The summed E-state index contributed by atoms with van der Waals surface area (Å²) in [4.78, 5) is 2.49. The molecule has 0 aliphatic carbocycles. The van der Waals surface area contributed by atoms with Crippen molar-refractivity contribution >= 4 is 0 Å². The third-order valence-electron chi connectivity index (χ3n) is 3.77. The van der Waals surface area contributed by atoms with Gasteiger partial charge < -0.3 is 15.0 Å². The van der Waals surface area contributed by atoms with E-state index in [1.807, 2.05) is 0 Å². The van der Waals surface area contributed by atoms with Crippen LogP contribution in [0.2, 0.25) is 0 Å². The van der Waals surface area contributed by atoms with Crippen molar-refractivity contribution in [3.63, 3.8) is 0 Å². The van der Waals surface area contributed by atoms with E-state index in [9.17, 15) is 0 Å². The van der Waals surface area contributed by atoms with E-state index < -0.39 is 0 Å².